The van der Waals surface area contributed by atoms with Crippen molar-refractivity contribution in [3.63, 3.8) is 0 Å². The number of rotatable bonds is 6. The molecule has 0 amide bonds. The van der Waals surface area contributed by atoms with E-state index in [2.05, 4.69) is 6.92 Å². The van der Waals surface area contributed by atoms with Crippen molar-refractivity contribution in [2.45, 2.75) is 88.8 Å². The van der Waals surface area contributed by atoms with Crippen molar-refractivity contribution in [2.24, 2.45) is 11.8 Å². The van der Waals surface area contributed by atoms with Crippen molar-refractivity contribution >= 4 is 20.4 Å². The van der Waals surface area contributed by atoms with E-state index in [1.54, 1.807) is 30.3 Å². The third kappa shape index (κ3) is 5.56. The van der Waals surface area contributed by atoms with Crippen LogP contribution in [0, 0.1) is 17.7 Å². The predicted molar refractivity (Wildman–Crippen MR) is 110 cm³/mol. The lowest BCUT2D eigenvalue weighted by Crippen LogP contribution is -2.22. The Kier molecular flexibility index (Phi) is 7.42. The Morgan fingerprint density at radius 3 is 2.24 bits per heavy atom. The highest BCUT2D eigenvalue weighted by molar-refractivity contribution is 6.58. The molecule has 0 N–H and O–H groups in total. The molecule has 1 heterocycles. The molecule has 1 aliphatic heterocycles. The molecule has 0 unspecified atom stereocenters. The second-order valence-electron chi connectivity index (χ2n) is 8.64. The van der Waals surface area contributed by atoms with E-state index in [0.717, 1.165) is 17.4 Å². The molecule has 0 nitrogen and oxygen atoms in total. The predicted octanol–water partition coefficient (Wildman–Crippen LogP) is 7.58. The quantitative estimate of drug-likeness (QED) is 0.446. The minimum absolute atomic E-state index is 0.245. The van der Waals surface area contributed by atoms with Crippen molar-refractivity contribution in [3.8, 4) is 0 Å². The van der Waals surface area contributed by atoms with Gasteiger partial charge in [0.2, 0.25) is 0 Å². The van der Waals surface area contributed by atoms with E-state index < -0.39 is 0 Å². The summed E-state index contributed by atoms with van der Waals surface area (Å²) in [7, 11) is -0.315. The molecule has 2 aliphatic rings. The lowest BCUT2D eigenvalue weighted by Gasteiger charge is -2.32. The molecule has 3 heteroatoms. The standard InChI is InChI=1S/C22H34ClFSi/c1-2-13-25-14-11-18(12-15-25)4-3-17-5-7-19(8-6-17)20-9-10-21(23)22(24)16-20/h9-10,16-19,25H,2-8,11-15H2,1H3. The van der Waals surface area contributed by atoms with Gasteiger partial charge in [-0.25, -0.2) is 4.39 Å². The van der Waals surface area contributed by atoms with Gasteiger partial charge in [-0.15, -0.1) is 0 Å². The van der Waals surface area contributed by atoms with E-state index in [1.165, 1.54) is 57.8 Å². The number of hydrogen-bond donors (Lipinski definition) is 0. The Morgan fingerprint density at radius 2 is 1.64 bits per heavy atom. The van der Waals surface area contributed by atoms with Crippen LogP contribution in [-0.2, 0) is 0 Å². The Morgan fingerprint density at radius 1 is 1.00 bits per heavy atom. The molecule has 25 heavy (non-hydrogen) atoms. The average Bonchev–Trinajstić information content (AvgIpc) is 2.64. The molecule has 0 aromatic heterocycles. The Balaban J connectivity index is 1.37. The first-order chi connectivity index (χ1) is 12.2. The van der Waals surface area contributed by atoms with Gasteiger partial charge in [-0.1, -0.05) is 74.8 Å². The molecule has 1 aliphatic carbocycles. The molecule has 1 saturated carbocycles. The zero-order valence-electron chi connectivity index (χ0n) is 15.8. The SMILES string of the molecule is CCC[SiH]1CCC(CCC2CCC(c3ccc(Cl)c(F)c3)CC2)CC1. The summed E-state index contributed by atoms with van der Waals surface area (Å²) in [5, 5.41) is 0.245. The van der Waals surface area contributed by atoms with E-state index >= 15 is 0 Å². The molecule has 0 radical (unpaired) electrons. The van der Waals surface area contributed by atoms with Gasteiger partial charge in [0, 0.05) is 8.80 Å². The van der Waals surface area contributed by atoms with Crippen LogP contribution in [0.5, 0.6) is 0 Å². The van der Waals surface area contributed by atoms with Gasteiger partial charge in [0.25, 0.3) is 0 Å². The van der Waals surface area contributed by atoms with Crippen molar-refractivity contribution in [1.29, 1.82) is 0 Å². The normalized spacial score (nSPS) is 30.4. The lowest BCUT2D eigenvalue weighted by atomic mass is 9.76. The van der Waals surface area contributed by atoms with Crippen LogP contribution >= 0.6 is 11.6 Å². The fourth-order valence-corrected chi connectivity index (χ4v) is 8.92. The number of benzene rings is 1. The van der Waals surface area contributed by atoms with E-state index in [9.17, 15) is 4.39 Å². The smallest absolute Gasteiger partial charge is 0.142 e. The van der Waals surface area contributed by atoms with Crippen molar-refractivity contribution in [3.05, 3.63) is 34.6 Å². The fourth-order valence-electron chi connectivity index (χ4n) is 5.24. The van der Waals surface area contributed by atoms with Gasteiger partial charge >= 0.3 is 0 Å². The van der Waals surface area contributed by atoms with Gasteiger partial charge in [0.1, 0.15) is 5.82 Å². The van der Waals surface area contributed by atoms with Crippen LogP contribution in [-0.4, -0.2) is 8.80 Å². The lowest BCUT2D eigenvalue weighted by molar-refractivity contribution is 0.280. The first-order valence-corrected chi connectivity index (χ1v) is 13.4. The third-order valence-electron chi connectivity index (χ3n) is 6.91. The van der Waals surface area contributed by atoms with Gasteiger partial charge in [0.05, 0.1) is 5.02 Å². The first kappa shape index (κ1) is 19.4. The van der Waals surface area contributed by atoms with Gasteiger partial charge < -0.3 is 0 Å². The molecule has 0 bridgehead atoms. The summed E-state index contributed by atoms with van der Waals surface area (Å²) >= 11 is 5.81. The summed E-state index contributed by atoms with van der Waals surface area (Å²) in [4.78, 5) is 0. The maximum absolute atomic E-state index is 13.7. The molecule has 1 aromatic carbocycles. The largest absolute Gasteiger partial charge is 0.205 e. The molecule has 3 rings (SSSR count). The zero-order chi connectivity index (χ0) is 17.6. The van der Waals surface area contributed by atoms with Crippen LogP contribution in [0.15, 0.2) is 18.2 Å². The molecule has 1 saturated heterocycles. The molecule has 0 atom stereocenters. The van der Waals surface area contributed by atoms with E-state index in [-0.39, 0.29) is 19.6 Å². The summed E-state index contributed by atoms with van der Waals surface area (Å²) in [6, 6.07) is 10.2. The molecule has 0 spiro atoms. The maximum Gasteiger partial charge on any atom is 0.142 e. The molecular weight excluding hydrogens is 347 g/mol. The minimum Gasteiger partial charge on any atom is -0.205 e. The van der Waals surface area contributed by atoms with E-state index in [1.807, 2.05) is 6.07 Å². The van der Waals surface area contributed by atoms with Crippen LogP contribution < -0.4 is 0 Å². The topological polar surface area (TPSA) is 0 Å². The van der Waals surface area contributed by atoms with Gasteiger partial charge in [-0.05, 0) is 61.1 Å². The van der Waals surface area contributed by atoms with Gasteiger partial charge in [-0.2, -0.15) is 0 Å². The Labute approximate surface area is 160 Å². The molecular formula is C22H34ClFSi. The number of hydrogen-bond acceptors (Lipinski definition) is 0. The van der Waals surface area contributed by atoms with E-state index in [0.29, 0.717) is 5.92 Å². The highest BCUT2D eigenvalue weighted by atomic mass is 35.5. The molecule has 2 fully saturated rings. The highest BCUT2D eigenvalue weighted by Crippen LogP contribution is 2.40. The summed E-state index contributed by atoms with van der Waals surface area (Å²) in [6.45, 7) is 2.36. The Bertz CT molecular complexity index is 531. The molecule has 140 valence electrons. The van der Waals surface area contributed by atoms with Gasteiger partial charge in [0.15, 0.2) is 0 Å². The van der Waals surface area contributed by atoms with Crippen LogP contribution in [0.25, 0.3) is 0 Å². The van der Waals surface area contributed by atoms with Crippen LogP contribution in [0.2, 0.25) is 23.2 Å². The molecule has 1 aromatic rings. The Hall–Kier alpha value is -0.343. The second kappa shape index (κ2) is 9.55. The van der Waals surface area contributed by atoms with E-state index in [4.69, 9.17) is 11.6 Å². The summed E-state index contributed by atoms with van der Waals surface area (Å²) in [6.07, 6.45) is 12.5. The summed E-state index contributed by atoms with van der Waals surface area (Å²) < 4.78 is 13.7. The van der Waals surface area contributed by atoms with Crippen molar-refractivity contribution in [1.82, 2.24) is 0 Å². The maximum atomic E-state index is 13.7. The van der Waals surface area contributed by atoms with Crippen molar-refractivity contribution < 1.29 is 4.39 Å². The second-order valence-corrected chi connectivity index (χ2v) is 12.5. The third-order valence-corrected chi connectivity index (χ3v) is 10.9. The van der Waals surface area contributed by atoms with Crippen LogP contribution in [0.1, 0.15) is 76.2 Å². The number of halogens is 2. The summed E-state index contributed by atoms with van der Waals surface area (Å²) in [5.74, 6) is 2.23. The summed E-state index contributed by atoms with van der Waals surface area (Å²) in [5.41, 5.74) is 1.15. The van der Waals surface area contributed by atoms with Crippen molar-refractivity contribution in [2.75, 3.05) is 0 Å². The van der Waals surface area contributed by atoms with Crippen LogP contribution in [0.3, 0.4) is 0 Å². The minimum atomic E-state index is -0.315. The highest BCUT2D eigenvalue weighted by Gasteiger charge is 2.25. The monoisotopic (exact) mass is 380 g/mol. The first-order valence-electron chi connectivity index (χ1n) is 10.6. The average molecular weight is 381 g/mol. The fraction of sp³-hybridized carbons (Fsp3) is 0.727. The van der Waals surface area contributed by atoms with Gasteiger partial charge in [-0.3, -0.25) is 0 Å². The van der Waals surface area contributed by atoms with Crippen LogP contribution in [0.4, 0.5) is 4.39 Å². The zero-order valence-corrected chi connectivity index (χ0v) is 17.7.